The number of rotatable bonds is 4. The van der Waals surface area contributed by atoms with Crippen LogP contribution in [0.15, 0.2) is 18.3 Å². The van der Waals surface area contributed by atoms with E-state index < -0.39 is 11.6 Å². The van der Waals surface area contributed by atoms with Crippen molar-refractivity contribution in [2.75, 3.05) is 7.11 Å². The van der Waals surface area contributed by atoms with Gasteiger partial charge in [-0.1, -0.05) is 13.8 Å². The summed E-state index contributed by atoms with van der Waals surface area (Å²) in [7, 11) is 1.32. The first-order valence-corrected chi connectivity index (χ1v) is 5.34. The maximum absolute atomic E-state index is 11.2. The lowest BCUT2D eigenvalue weighted by Gasteiger charge is -2.24. The predicted molar refractivity (Wildman–Crippen MR) is 60.1 cm³/mol. The fourth-order valence-corrected chi connectivity index (χ4v) is 1.52. The van der Waals surface area contributed by atoms with Crippen LogP contribution in [0.25, 0.3) is 0 Å². The predicted octanol–water partition coefficient (Wildman–Crippen LogP) is 1.88. The number of carbonyl (C=O) groups is 1. The highest BCUT2D eigenvalue weighted by atomic mass is 16.5. The molecule has 0 unspecified atom stereocenters. The molecule has 0 amide bonds. The van der Waals surface area contributed by atoms with Crippen LogP contribution < -0.4 is 0 Å². The number of aromatic nitrogens is 1. The van der Waals surface area contributed by atoms with Crippen LogP contribution in [0.2, 0.25) is 0 Å². The maximum atomic E-state index is 11.2. The van der Waals surface area contributed by atoms with Gasteiger partial charge in [-0.2, -0.15) is 0 Å². The second kappa shape index (κ2) is 5.07. The molecule has 0 atom stereocenters. The summed E-state index contributed by atoms with van der Waals surface area (Å²) in [5, 5.41) is 10.2. The number of hydrogen-bond donors (Lipinski definition) is 1. The van der Waals surface area contributed by atoms with Crippen LogP contribution in [-0.2, 0) is 10.3 Å². The van der Waals surface area contributed by atoms with E-state index in [9.17, 15) is 9.90 Å². The molecule has 1 aromatic heterocycles. The summed E-state index contributed by atoms with van der Waals surface area (Å²) in [5.41, 5.74) is 0.0697. The maximum Gasteiger partial charge on any atom is 0.339 e. The molecule has 0 aliphatic heterocycles. The summed E-state index contributed by atoms with van der Waals surface area (Å²) in [6, 6.07) is 3.28. The summed E-state index contributed by atoms with van der Waals surface area (Å²) in [6.45, 7) is 3.80. The molecule has 4 heteroatoms. The van der Waals surface area contributed by atoms with Gasteiger partial charge in [0, 0.05) is 6.20 Å². The van der Waals surface area contributed by atoms with E-state index >= 15 is 0 Å². The molecule has 88 valence electrons. The fourth-order valence-electron chi connectivity index (χ4n) is 1.52. The first kappa shape index (κ1) is 12.6. The van der Waals surface area contributed by atoms with E-state index in [1.54, 1.807) is 12.1 Å². The summed E-state index contributed by atoms with van der Waals surface area (Å²) in [6.07, 6.45) is 2.61. The van der Waals surface area contributed by atoms with Gasteiger partial charge in [-0.15, -0.1) is 0 Å². The molecule has 0 aliphatic rings. The van der Waals surface area contributed by atoms with Crippen molar-refractivity contribution in [2.45, 2.75) is 32.3 Å². The zero-order chi connectivity index (χ0) is 12.2. The standard InChI is InChI=1S/C12H17NO3/c1-4-12(15,5-2)10-7-6-9(8-13-10)11(14)16-3/h6-8,15H,4-5H2,1-3H3. The quantitative estimate of drug-likeness (QED) is 0.792. The second-order valence-corrected chi connectivity index (χ2v) is 3.66. The highest BCUT2D eigenvalue weighted by molar-refractivity contribution is 5.88. The smallest absolute Gasteiger partial charge is 0.339 e. The van der Waals surface area contributed by atoms with Crippen molar-refractivity contribution in [3.05, 3.63) is 29.6 Å². The second-order valence-electron chi connectivity index (χ2n) is 3.66. The molecule has 1 heterocycles. The molecular weight excluding hydrogens is 206 g/mol. The number of pyridine rings is 1. The Hall–Kier alpha value is -1.42. The van der Waals surface area contributed by atoms with Gasteiger partial charge in [-0.3, -0.25) is 4.98 Å². The van der Waals surface area contributed by atoms with Gasteiger partial charge in [-0.05, 0) is 25.0 Å². The van der Waals surface area contributed by atoms with Crippen LogP contribution in [0, 0.1) is 0 Å². The van der Waals surface area contributed by atoms with Gasteiger partial charge in [0.15, 0.2) is 0 Å². The molecule has 16 heavy (non-hydrogen) atoms. The van der Waals surface area contributed by atoms with Crippen molar-refractivity contribution in [1.29, 1.82) is 0 Å². The topological polar surface area (TPSA) is 59.4 Å². The van der Waals surface area contributed by atoms with Crippen LogP contribution in [0.4, 0.5) is 0 Å². The Morgan fingerprint density at radius 3 is 2.44 bits per heavy atom. The normalized spacial score (nSPS) is 11.2. The van der Waals surface area contributed by atoms with E-state index in [4.69, 9.17) is 0 Å². The van der Waals surface area contributed by atoms with E-state index in [-0.39, 0.29) is 0 Å². The highest BCUT2D eigenvalue weighted by Gasteiger charge is 2.26. The first-order valence-electron chi connectivity index (χ1n) is 5.34. The lowest BCUT2D eigenvalue weighted by molar-refractivity contribution is 0.0239. The number of methoxy groups -OCH3 is 1. The molecule has 0 saturated carbocycles. The Morgan fingerprint density at radius 1 is 1.44 bits per heavy atom. The molecule has 0 radical (unpaired) electrons. The summed E-state index contributed by atoms with van der Waals surface area (Å²) < 4.78 is 4.57. The van der Waals surface area contributed by atoms with Gasteiger partial charge < -0.3 is 9.84 Å². The molecule has 1 N–H and O–H groups in total. The number of ether oxygens (including phenoxy) is 1. The molecular formula is C12H17NO3. The molecule has 0 saturated heterocycles. The van der Waals surface area contributed by atoms with Gasteiger partial charge in [-0.25, -0.2) is 4.79 Å². The van der Waals surface area contributed by atoms with Crippen molar-refractivity contribution in [3.63, 3.8) is 0 Å². The van der Waals surface area contributed by atoms with Crippen molar-refractivity contribution in [1.82, 2.24) is 4.98 Å². The minimum atomic E-state index is -0.908. The van der Waals surface area contributed by atoms with E-state index in [0.29, 0.717) is 24.1 Å². The Balaban J connectivity index is 2.98. The highest BCUT2D eigenvalue weighted by Crippen LogP contribution is 2.26. The third-order valence-electron chi connectivity index (χ3n) is 2.83. The van der Waals surface area contributed by atoms with Crippen LogP contribution in [0.5, 0.6) is 0 Å². The average Bonchev–Trinajstić information content (AvgIpc) is 2.37. The first-order chi connectivity index (χ1) is 7.57. The van der Waals surface area contributed by atoms with Crippen molar-refractivity contribution in [3.8, 4) is 0 Å². The lowest BCUT2D eigenvalue weighted by Crippen LogP contribution is -2.25. The van der Waals surface area contributed by atoms with Crippen LogP contribution in [0.1, 0.15) is 42.7 Å². The van der Waals surface area contributed by atoms with E-state index in [1.807, 2.05) is 13.8 Å². The Morgan fingerprint density at radius 2 is 2.06 bits per heavy atom. The van der Waals surface area contributed by atoms with Gasteiger partial charge in [0.05, 0.1) is 18.4 Å². The van der Waals surface area contributed by atoms with Gasteiger partial charge in [0.25, 0.3) is 0 Å². The van der Waals surface area contributed by atoms with Gasteiger partial charge in [0.2, 0.25) is 0 Å². The fraction of sp³-hybridized carbons (Fsp3) is 0.500. The van der Waals surface area contributed by atoms with Crippen LogP contribution in [-0.4, -0.2) is 23.2 Å². The summed E-state index contributed by atoms with van der Waals surface area (Å²) >= 11 is 0. The van der Waals surface area contributed by atoms with Gasteiger partial charge >= 0.3 is 5.97 Å². The third-order valence-corrected chi connectivity index (χ3v) is 2.83. The number of hydrogen-bond acceptors (Lipinski definition) is 4. The van der Waals surface area contributed by atoms with Crippen LogP contribution in [0.3, 0.4) is 0 Å². The molecule has 1 aromatic rings. The van der Waals surface area contributed by atoms with Crippen molar-refractivity contribution < 1.29 is 14.6 Å². The molecule has 0 bridgehead atoms. The summed E-state index contributed by atoms with van der Waals surface area (Å²) in [5.74, 6) is -0.421. The number of aliphatic hydroxyl groups is 1. The molecule has 0 fully saturated rings. The number of esters is 1. The number of carbonyl (C=O) groups excluding carboxylic acids is 1. The zero-order valence-electron chi connectivity index (χ0n) is 9.86. The Kier molecular flexibility index (Phi) is 4.01. The number of nitrogens with zero attached hydrogens (tertiary/aromatic N) is 1. The zero-order valence-corrected chi connectivity index (χ0v) is 9.86. The van der Waals surface area contributed by atoms with Crippen molar-refractivity contribution >= 4 is 5.97 Å². The van der Waals surface area contributed by atoms with E-state index in [0.717, 1.165) is 0 Å². The molecule has 1 rings (SSSR count). The minimum Gasteiger partial charge on any atom is -0.465 e. The Labute approximate surface area is 95.3 Å². The largest absolute Gasteiger partial charge is 0.465 e. The van der Waals surface area contributed by atoms with Crippen molar-refractivity contribution in [2.24, 2.45) is 0 Å². The van der Waals surface area contributed by atoms with Gasteiger partial charge in [0.1, 0.15) is 5.60 Å². The molecule has 4 nitrogen and oxygen atoms in total. The summed E-state index contributed by atoms with van der Waals surface area (Å²) in [4.78, 5) is 15.3. The average molecular weight is 223 g/mol. The Bertz CT molecular complexity index is 355. The minimum absolute atomic E-state index is 0.390. The SMILES string of the molecule is CCC(O)(CC)c1ccc(C(=O)OC)cn1. The monoisotopic (exact) mass is 223 g/mol. The molecule has 0 spiro atoms. The van der Waals surface area contributed by atoms with E-state index in [2.05, 4.69) is 9.72 Å². The van der Waals surface area contributed by atoms with E-state index in [1.165, 1.54) is 13.3 Å². The molecule has 0 aliphatic carbocycles. The molecule has 0 aromatic carbocycles. The van der Waals surface area contributed by atoms with Crippen LogP contribution >= 0.6 is 0 Å². The lowest BCUT2D eigenvalue weighted by atomic mass is 9.93. The third kappa shape index (κ3) is 2.39.